The van der Waals surface area contributed by atoms with Gasteiger partial charge in [-0.25, -0.2) is 0 Å². The van der Waals surface area contributed by atoms with Crippen LogP contribution in [-0.2, 0) is 4.79 Å². The zero-order chi connectivity index (χ0) is 10.1. The first kappa shape index (κ1) is 10.4. The number of carbonyl (C=O) groups is 1. The molecule has 0 aromatic carbocycles. The zero-order valence-corrected chi connectivity index (χ0v) is 7.59. The topological polar surface area (TPSA) is 46.3 Å². The van der Waals surface area contributed by atoms with Crippen LogP contribution in [0.4, 0.5) is 8.78 Å². The van der Waals surface area contributed by atoms with Gasteiger partial charge in [0.25, 0.3) is 5.91 Å². The van der Waals surface area contributed by atoms with Crippen molar-refractivity contribution in [2.24, 2.45) is 5.73 Å². The highest BCUT2D eigenvalue weighted by atomic mass is 19.3. The lowest BCUT2D eigenvalue weighted by atomic mass is 10.2. The number of nitrogens with two attached hydrogens (primary N) is 1. The van der Waals surface area contributed by atoms with Crippen molar-refractivity contribution >= 4 is 5.91 Å². The molecular formula is C8H14F2N2O. The van der Waals surface area contributed by atoms with Crippen molar-refractivity contribution in [1.29, 1.82) is 0 Å². The number of nitrogens with zero attached hydrogens (tertiary/aromatic N) is 1. The Morgan fingerprint density at radius 3 is 2.69 bits per heavy atom. The van der Waals surface area contributed by atoms with E-state index < -0.39 is 18.3 Å². The van der Waals surface area contributed by atoms with Crippen LogP contribution in [0.3, 0.4) is 0 Å². The molecule has 2 N–H and O–H groups in total. The predicted octanol–water partition coefficient (Wildman–Crippen LogP) is 0.591. The van der Waals surface area contributed by atoms with E-state index in [1.165, 1.54) is 6.92 Å². The highest BCUT2D eigenvalue weighted by molar-refractivity contribution is 5.83. The molecule has 0 aromatic heterocycles. The van der Waals surface area contributed by atoms with E-state index >= 15 is 0 Å². The third kappa shape index (κ3) is 2.15. The smallest absolute Gasteiger partial charge is 0.324 e. The fraction of sp³-hybridized carbons (Fsp3) is 0.875. The van der Waals surface area contributed by atoms with Crippen molar-refractivity contribution in [1.82, 2.24) is 4.90 Å². The molecule has 0 bridgehead atoms. The maximum absolute atomic E-state index is 12.9. The van der Waals surface area contributed by atoms with E-state index in [2.05, 4.69) is 0 Å². The van der Waals surface area contributed by atoms with Gasteiger partial charge < -0.3 is 10.6 Å². The first-order valence-corrected chi connectivity index (χ1v) is 4.40. The van der Waals surface area contributed by atoms with Gasteiger partial charge in [0, 0.05) is 25.6 Å². The number of likely N-dealkylation sites (tertiary alicyclic amines) is 1. The minimum atomic E-state index is -3.22. The molecule has 1 unspecified atom stereocenters. The second kappa shape index (κ2) is 3.57. The molecule has 0 aliphatic carbocycles. The normalized spacial score (nSPS) is 23.7. The molecule has 1 amide bonds. The Hall–Kier alpha value is -0.710. The molecule has 0 aromatic rings. The summed E-state index contributed by atoms with van der Waals surface area (Å²) < 4.78 is 25.8. The average molecular weight is 192 g/mol. The van der Waals surface area contributed by atoms with Gasteiger partial charge in [0.15, 0.2) is 0 Å². The second-order valence-corrected chi connectivity index (χ2v) is 3.36. The SMILES string of the molecule is CCC(F)(F)C(=O)N1CCC(N)C1. The van der Waals surface area contributed by atoms with Crippen LogP contribution in [-0.4, -0.2) is 35.9 Å². The van der Waals surface area contributed by atoms with E-state index in [0.717, 1.165) is 4.90 Å². The van der Waals surface area contributed by atoms with E-state index in [1.807, 2.05) is 0 Å². The summed E-state index contributed by atoms with van der Waals surface area (Å²) in [5, 5.41) is 0. The molecule has 3 nitrogen and oxygen atoms in total. The molecule has 1 aliphatic heterocycles. The van der Waals surface area contributed by atoms with E-state index in [1.54, 1.807) is 0 Å². The highest BCUT2D eigenvalue weighted by Crippen LogP contribution is 2.23. The third-order valence-corrected chi connectivity index (χ3v) is 2.27. The van der Waals surface area contributed by atoms with Crippen LogP contribution in [0.5, 0.6) is 0 Å². The third-order valence-electron chi connectivity index (χ3n) is 2.27. The van der Waals surface area contributed by atoms with Gasteiger partial charge in [-0.2, -0.15) is 8.78 Å². The van der Waals surface area contributed by atoms with Crippen LogP contribution in [0, 0.1) is 0 Å². The summed E-state index contributed by atoms with van der Waals surface area (Å²) in [6.07, 6.45) is 0.170. The first-order chi connectivity index (χ1) is 5.97. The maximum atomic E-state index is 12.9. The number of rotatable bonds is 2. The molecular weight excluding hydrogens is 178 g/mol. The van der Waals surface area contributed by atoms with Gasteiger partial charge in [-0.15, -0.1) is 0 Å². The van der Waals surface area contributed by atoms with Crippen molar-refractivity contribution in [3.63, 3.8) is 0 Å². The highest BCUT2D eigenvalue weighted by Gasteiger charge is 2.41. The Labute approximate surface area is 75.9 Å². The lowest BCUT2D eigenvalue weighted by Gasteiger charge is -2.21. The van der Waals surface area contributed by atoms with Crippen LogP contribution in [0.2, 0.25) is 0 Å². The maximum Gasteiger partial charge on any atom is 0.324 e. The fourth-order valence-corrected chi connectivity index (χ4v) is 1.35. The van der Waals surface area contributed by atoms with Crippen LogP contribution in [0.15, 0.2) is 0 Å². The van der Waals surface area contributed by atoms with Crippen LogP contribution in [0.1, 0.15) is 19.8 Å². The Kier molecular flexibility index (Phi) is 2.85. The minimum Gasteiger partial charge on any atom is -0.336 e. The molecule has 1 rings (SSSR count). The van der Waals surface area contributed by atoms with Gasteiger partial charge in [0.1, 0.15) is 0 Å². The fourth-order valence-electron chi connectivity index (χ4n) is 1.35. The molecule has 1 fully saturated rings. The Morgan fingerprint density at radius 2 is 2.31 bits per heavy atom. The molecule has 1 heterocycles. The van der Waals surface area contributed by atoms with Crippen molar-refractivity contribution in [2.45, 2.75) is 31.7 Å². The minimum absolute atomic E-state index is 0.142. The molecule has 76 valence electrons. The number of hydrogen-bond donors (Lipinski definition) is 1. The largest absolute Gasteiger partial charge is 0.336 e. The summed E-state index contributed by atoms with van der Waals surface area (Å²) in [5.41, 5.74) is 5.51. The standard InChI is InChI=1S/C8H14F2N2O/c1-2-8(9,10)7(13)12-4-3-6(11)5-12/h6H,2-5,11H2,1H3. The quantitative estimate of drug-likeness (QED) is 0.696. The lowest BCUT2D eigenvalue weighted by Crippen LogP contribution is -2.42. The van der Waals surface area contributed by atoms with Crippen LogP contribution >= 0.6 is 0 Å². The van der Waals surface area contributed by atoms with Crippen LogP contribution in [0.25, 0.3) is 0 Å². The van der Waals surface area contributed by atoms with E-state index in [4.69, 9.17) is 5.73 Å². The average Bonchev–Trinajstić information content (AvgIpc) is 2.50. The second-order valence-electron chi connectivity index (χ2n) is 3.36. The van der Waals surface area contributed by atoms with E-state index in [-0.39, 0.29) is 12.6 Å². The number of amides is 1. The molecule has 1 atom stereocenters. The van der Waals surface area contributed by atoms with Crippen molar-refractivity contribution < 1.29 is 13.6 Å². The Morgan fingerprint density at radius 1 is 1.69 bits per heavy atom. The van der Waals surface area contributed by atoms with Gasteiger partial charge in [-0.05, 0) is 6.42 Å². The van der Waals surface area contributed by atoms with Crippen molar-refractivity contribution in [3.05, 3.63) is 0 Å². The van der Waals surface area contributed by atoms with Crippen molar-refractivity contribution in [3.8, 4) is 0 Å². The lowest BCUT2D eigenvalue weighted by molar-refractivity contribution is -0.156. The molecule has 0 saturated carbocycles. The number of halogens is 2. The molecule has 5 heteroatoms. The van der Waals surface area contributed by atoms with Gasteiger partial charge >= 0.3 is 5.92 Å². The number of alkyl halides is 2. The van der Waals surface area contributed by atoms with Gasteiger partial charge in [-0.3, -0.25) is 4.79 Å². The summed E-state index contributed by atoms with van der Waals surface area (Å²) in [6.45, 7) is 1.91. The predicted molar refractivity (Wildman–Crippen MR) is 44.4 cm³/mol. The van der Waals surface area contributed by atoms with Gasteiger partial charge in [-0.1, -0.05) is 6.92 Å². The molecule has 1 aliphatic rings. The van der Waals surface area contributed by atoms with Gasteiger partial charge in [0.2, 0.25) is 0 Å². The van der Waals surface area contributed by atoms with Crippen molar-refractivity contribution in [2.75, 3.05) is 13.1 Å². The zero-order valence-electron chi connectivity index (χ0n) is 7.59. The number of carbonyl (C=O) groups excluding carboxylic acids is 1. The summed E-state index contributed by atoms with van der Waals surface area (Å²) in [5.74, 6) is -4.30. The number of hydrogen-bond acceptors (Lipinski definition) is 2. The summed E-state index contributed by atoms with van der Waals surface area (Å²) in [7, 11) is 0. The first-order valence-electron chi connectivity index (χ1n) is 4.40. The Balaban J connectivity index is 2.58. The monoisotopic (exact) mass is 192 g/mol. The molecule has 0 radical (unpaired) electrons. The molecule has 13 heavy (non-hydrogen) atoms. The summed E-state index contributed by atoms with van der Waals surface area (Å²) in [6, 6.07) is -0.142. The Bertz CT molecular complexity index is 208. The summed E-state index contributed by atoms with van der Waals surface area (Å²) >= 11 is 0. The molecule has 1 saturated heterocycles. The van der Waals surface area contributed by atoms with E-state index in [0.29, 0.717) is 13.0 Å². The van der Waals surface area contributed by atoms with E-state index in [9.17, 15) is 13.6 Å². The van der Waals surface area contributed by atoms with Gasteiger partial charge in [0.05, 0.1) is 0 Å². The summed E-state index contributed by atoms with van der Waals surface area (Å²) in [4.78, 5) is 12.3. The van der Waals surface area contributed by atoms with Crippen LogP contribution < -0.4 is 5.73 Å². The molecule has 0 spiro atoms.